The number of anilines is 1. The molecule has 0 aliphatic carbocycles. The molecule has 1 aromatic rings. The Hall–Kier alpha value is -1.65. The molecule has 1 aromatic heterocycles. The van der Waals surface area contributed by atoms with Crippen LogP contribution in [0.4, 0.5) is 5.82 Å². The molecule has 0 bridgehead atoms. The summed E-state index contributed by atoms with van der Waals surface area (Å²) in [4.78, 5) is 10.5. The quantitative estimate of drug-likeness (QED) is 0.716. The van der Waals surface area contributed by atoms with Crippen LogP contribution >= 0.6 is 0 Å². The van der Waals surface area contributed by atoms with Gasteiger partial charge >= 0.3 is 5.97 Å². The molecule has 1 heterocycles. The molecule has 13 heavy (non-hydrogen) atoms. The Morgan fingerprint density at radius 2 is 2.23 bits per heavy atom. The molecule has 2 N–H and O–H groups in total. The van der Waals surface area contributed by atoms with E-state index in [4.69, 9.17) is 5.11 Å². The third-order valence-corrected chi connectivity index (χ3v) is 1.53. The van der Waals surface area contributed by atoms with Crippen molar-refractivity contribution in [2.45, 2.75) is 19.9 Å². The average molecular weight is 181 g/mol. The highest BCUT2D eigenvalue weighted by Crippen LogP contribution is 2.02. The van der Waals surface area contributed by atoms with Gasteiger partial charge in [0.2, 0.25) is 0 Å². The molecular weight excluding hydrogens is 170 g/mol. The highest BCUT2D eigenvalue weighted by molar-refractivity contribution is 5.76. The van der Waals surface area contributed by atoms with Gasteiger partial charge in [0.25, 0.3) is 0 Å². The molecule has 0 spiro atoms. The van der Waals surface area contributed by atoms with E-state index < -0.39 is 12.0 Å². The smallest absolute Gasteiger partial charge is 0.325 e. The zero-order valence-electron chi connectivity index (χ0n) is 7.48. The molecule has 1 atom stereocenters. The van der Waals surface area contributed by atoms with E-state index in [9.17, 15) is 4.79 Å². The Kier molecular flexibility index (Phi) is 2.79. The molecule has 5 nitrogen and oxygen atoms in total. The second-order valence-corrected chi connectivity index (χ2v) is 2.76. The number of aromatic nitrogens is 2. The fourth-order valence-corrected chi connectivity index (χ4v) is 0.759. The van der Waals surface area contributed by atoms with E-state index in [0.29, 0.717) is 5.82 Å². The average Bonchev–Trinajstić information content (AvgIpc) is 2.08. The van der Waals surface area contributed by atoms with E-state index in [0.717, 1.165) is 5.69 Å². The van der Waals surface area contributed by atoms with Crippen molar-refractivity contribution in [1.82, 2.24) is 10.2 Å². The first-order chi connectivity index (χ1) is 6.09. The molecule has 1 rings (SSSR count). The second kappa shape index (κ2) is 3.84. The number of rotatable bonds is 3. The van der Waals surface area contributed by atoms with Crippen molar-refractivity contribution in [3.63, 3.8) is 0 Å². The molecule has 0 aliphatic rings. The van der Waals surface area contributed by atoms with E-state index in [2.05, 4.69) is 15.5 Å². The number of aliphatic carboxylic acids is 1. The maximum Gasteiger partial charge on any atom is 0.325 e. The van der Waals surface area contributed by atoms with Crippen molar-refractivity contribution in [3.8, 4) is 0 Å². The maximum absolute atomic E-state index is 10.5. The number of nitrogens with one attached hydrogen (secondary N) is 1. The second-order valence-electron chi connectivity index (χ2n) is 2.76. The van der Waals surface area contributed by atoms with Crippen LogP contribution < -0.4 is 5.32 Å². The minimum Gasteiger partial charge on any atom is -0.480 e. The first kappa shape index (κ1) is 9.44. The van der Waals surface area contributed by atoms with Crippen molar-refractivity contribution in [2.75, 3.05) is 5.32 Å². The predicted octanol–water partition coefficient (Wildman–Crippen LogP) is 0.670. The van der Waals surface area contributed by atoms with Crippen molar-refractivity contribution in [2.24, 2.45) is 0 Å². The summed E-state index contributed by atoms with van der Waals surface area (Å²) in [6.45, 7) is 3.36. The number of aryl methyl sites for hydroxylation is 1. The lowest BCUT2D eigenvalue weighted by atomic mass is 10.3. The van der Waals surface area contributed by atoms with Crippen molar-refractivity contribution in [3.05, 3.63) is 17.8 Å². The van der Waals surface area contributed by atoms with E-state index in [1.807, 2.05) is 6.92 Å². The largest absolute Gasteiger partial charge is 0.480 e. The van der Waals surface area contributed by atoms with E-state index >= 15 is 0 Å². The molecule has 70 valence electrons. The van der Waals surface area contributed by atoms with Gasteiger partial charge in [-0.25, -0.2) is 0 Å². The van der Waals surface area contributed by atoms with Crippen LogP contribution in [-0.4, -0.2) is 27.3 Å². The monoisotopic (exact) mass is 181 g/mol. The van der Waals surface area contributed by atoms with E-state index in [1.54, 1.807) is 19.1 Å². The highest BCUT2D eigenvalue weighted by Gasteiger charge is 2.10. The Morgan fingerprint density at radius 1 is 1.54 bits per heavy atom. The zero-order chi connectivity index (χ0) is 9.84. The van der Waals surface area contributed by atoms with Crippen LogP contribution in [0.5, 0.6) is 0 Å². The number of nitrogens with zero attached hydrogens (tertiary/aromatic N) is 2. The summed E-state index contributed by atoms with van der Waals surface area (Å²) in [5, 5.41) is 18.8. The highest BCUT2D eigenvalue weighted by atomic mass is 16.4. The van der Waals surface area contributed by atoms with Crippen LogP contribution in [0.15, 0.2) is 12.1 Å². The van der Waals surface area contributed by atoms with E-state index in [-0.39, 0.29) is 0 Å². The number of carbonyl (C=O) groups is 1. The SMILES string of the molecule is Cc1ccc(NC(C)C(=O)O)nn1. The minimum absolute atomic E-state index is 0.473. The molecule has 0 saturated heterocycles. The Bertz CT molecular complexity index is 297. The van der Waals surface area contributed by atoms with Crippen LogP contribution in [0.2, 0.25) is 0 Å². The molecule has 0 amide bonds. The van der Waals surface area contributed by atoms with Crippen LogP contribution in [0, 0.1) is 6.92 Å². The minimum atomic E-state index is -0.914. The molecule has 0 fully saturated rings. The first-order valence-corrected chi connectivity index (χ1v) is 3.89. The Morgan fingerprint density at radius 3 is 2.69 bits per heavy atom. The molecule has 0 radical (unpaired) electrons. The molecular formula is C8H11N3O2. The van der Waals surface area contributed by atoms with Crippen molar-refractivity contribution >= 4 is 11.8 Å². The van der Waals surface area contributed by atoms with Crippen molar-refractivity contribution in [1.29, 1.82) is 0 Å². The standard InChI is InChI=1S/C8H11N3O2/c1-5-3-4-7(11-10-5)9-6(2)8(12)13/h3-4,6H,1-2H3,(H,9,11)(H,12,13). The maximum atomic E-state index is 10.5. The van der Waals surface area contributed by atoms with Gasteiger partial charge in [-0.05, 0) is 26.0 Å². The van der Waals surface area contributed by atoms with E-state index in [1.165, 1.54) is 0 Å². The number of hydrogen-bond acceptors (Lipinski definition) is 4. The van der Waals surface area contributed by atoms with Gasteiger partial charge in [-0.3, -0.25) is 4.79 Å². The van der Waals surface area contributed by atoms with Gasteiger partial charge in [0, 0.05) is 0 Å². The van der Waals surface area contributed by atoms with Crippen LogP contribution in [0.25, 0.3) is 0 Å². The fraction of sp³-hybridized carbons (Fsp3) is 0.375. The molecule has 1 unspecified atom stereocenters. The Labute approximate surface area is 75.8 Å². The number of hydrogen-bond donors (Lipinski definition) is 2. The van der Waals surface area contributed by atoms with Crippen LogP contribution in [-0.2, 0) is 4.79 Å². The lowest BCUT2D eigenvalue weighted by Gasteiger charge is -2.08. The first-order valence-electron chi connectivity index (χ1n) is 3.89. The molecule has 0 aliphatic heterocycles. The normalized spacial score (nSPS) is 12.2. The van der Waals surface area contributed by atoms with Crippen LogP contribution in [0.1, 0.15) is 12.6 Å². The summed E-state index contributed by atoms with van der Waals surface area (Å²) in [5.41, 5.74) is 0.800. The summed E-state index contributed by atoms with van der Waals surface area (Å²) in [5.74, 6) is -0.442. The predicted molar refractivity (Wildman–Crippen MR) is 47.5 cm³/mol. The van der Waals surface area contributed by atoms with Gasteiger partial charge in [0.05, 0.1) is 5.69 Å². The lowest BCUT2D eigenvalue weighted by Crippen LogP contribution is -2.25. The van der Waals surface area contributed by atoms with Gasteiger partial charge in [-0.15, -0.1) is 5.10 Å². The topological polar surface area (TPSA) is 75.1 Å². The summed E-state index contributed by atoms with van der Waals surface area (Å²) < 4.78 is 0. The van der Waals surface area contributed by atoms with Gasteiger partial charge in [0.15, 0.2) is 0 Å². The summed E-state index contributed by atoms with van der Waals surface area (Å²) in [7, 11) is 0. The van der Waals surface area contributed by atoms with Gasteiger partial charge in [0.1, 0.15) is 11.9 Å². The summed E-state index contributed by atoms with van der Waals surface area (Å²) in [6, 6.07) is 2.81. The molecule has 0 saturated carbocycles. The van der Waals surface area contributed by atoms with Gasteiger partial charge in [-0.1, -0.05) is 0 Å². The third-order valence-electron chi connectivity index (χ3n) is 1.53. The van der Waals surface area contributed by atoms with Gasteiger partial charge in [-0.2, -0.15) is 5.10 Å². The van der Waals surface area contributed by atoms with Crippen molar-refractivity contribution < 1.29 is 9.90 Å². The Balaban J connectivity index is 2.64. The zero-order valence-corrected chi connectivity index (χ0v) is 7.48. The third kappa shape index (κ3) is 2.70. The molecule has 5 heteroatoms. The van der Waals surface area contributed by atoms with Crippen LogP contribution in [0.3, 0.4) is 0 Å². The summed E-state index contributed by atoms with van der Waals surface area (Å²) >= 11 is 0. The number of carboxylic acids is 1. The molecule has 0 aromatic carbocycles. The fourth-order valence-electron chi connectivity index (χ4n) is 0.759. The van der Waals surface area contributed by atoms with Gasteiger partial charge < -0.3 is 10.4 Å². The summed E-state index contributed by atoms with van der Waals surface area (Å²) in [6.07, 6.45) is 0. The lowest BCUT2D eigenvalue weighted by molar-refractivity contribution is -0.137. The number of carboxylic acid groups (broad SMARTS) is 1.